The lowest BCUT2D eigenvalue weighted by molar-refractivity contribution is -0.143. The number of carbonyl (C=O) groups is 3. The summed E-state index contributed by atoms with van der Waals surface area (Å²) in [5, 5.41) is 9.34. The van der Waals surface area contributed by atoms with Gasteiger partial charge in [0.25, 0.3) is 11.8 Å². The Kier molecular flexibility index (Phi) is 1.99. The van der Waals surface area contributed by atoms with E-state index in [4.69, 9.17) is 5.11 Å². The van der Waals surface area contributed by atoms with Gasteiger partial charge in [0.15, 0.2) is 0 Å². The van der Waals surface area contributed by atoms with Crippen molar-refractivity contribution in [1.82, 2.24) is 10.4 Å². The van der Waals surface area contributed by atoms with E-state index in [1.807, 2.05) is 0 Å². The molecule has 0 aromatic carbocycles. The Balaban J connectivity index is 2.70. The van der Waals surface area contributed by atoms with Crippen molar-refractivity contribution < 1.29 is 19.5 Å². The van der Waals surface area contributed by atoms with Crippen molar-refractivity contribution in [1.29, 1.82) is 0 Å². The van der Waals surface area contributed by atoms with Crippen LogP contribution in [-0.4, -0.2) is 34.9 Å². The first-order valence-electron chi connectivity index (χ1n) is 3.32. The first-order chi connectivity index (χ1) is 5.52. The van der Waals surface area contributed by atoms with Crippen molar-refractivity contribution in [2.45, 2.75) is 6.42 Å². The molecule has 1 heterocycles. The highest BCUT2D eigenvalue weighted by Crippen LogP contribution is 2.12. The maximum absolute atomic E-state index is 11.0. The standard InChI is InChI=1S/C6H8N2O4/c1-8-6(12)3(2-4(9)10)5(11)7-8/h3H,2H2,1H3,(H,7,11)(H,9,10). The Morgan fingerprint density at radius 2 is 2.25 bits per heavy atom. The highest BCUT2D eigenvalue weighted by Gasteiger charge is 2.38. The minimum atomic E-state index is -1.15. The average Bonchev–Trinajstić information content (AvgIpc) is 2.16. The summed E-state index contributed by atoms with van der Waals surface area (Å²) in [7, 11) is 1.38. The Morgan fingerprint density at radius 3 is 2.58 bits per heavy atom. The molecule has 66 valence electrons. The zero-order valence-electron chi connectivity index (χ0n) is 6.40. The van der Waals surface area contributed by atoms with Gasteiger partial charge in [0, 0.05) is 7.05 Å². The molecule has 0 spiro atoms. The first-order valence-corrected chi connectivity index (χ1v) is 3.32. The second-order valence-electron chi connectivity index (χ2n) is 2.52. The summed E-state index contributed by atoms with van der Waals surface area (Å²) in [5.74, 6) is -3.27. The van der Waals surface area contributed by atoms with Crippen LogP contribution in [-0.2, 0) is 14.4 Å². The number of hydrogen-bond acceptors (Lipinski definition) is 3. The third-order valence-electron chi connectivity index (χ3n) is 1.60. The molecule has 1 atom stereocenters. The normalized spacial score (nSPS) is 22.8. The van der Waals surface area contributed by atoms with E-state index in [1.54, 1.807) is 0 Å². The molecule has 2 amide bonds. The molecule has 2 N–H and O–H groups in total. The summed E-state index contributed by atoms with van der Waals surface area (Å²) in [4.78, 5) is 32.1. The first kappa shape index (κ1) is 8.51. The Morgan fingerprint density at radius 1 is 1.67 bits per heavy atom. The van der Waals surface area contributed by atoms with E-state index in [2.05, 4.69) is 5.43 Å². The van der Waals surface area contributed by atoms with E-state index in [-0.39, 0.29) is 0 Å². The van der Waals surface area contributed by atoms with Gasteiger partial charge in [-0.25, -0.2) is 0 Å². The van der Waals surface area contributed by atoms with E-state index >= 15 is 0 Å². The van der Waals surface area contributed by atoms with Gasteiger partial charge in [-0.3, -0.25) is 24.8 Å². The second kappa shape index (κ2) is 2.80. The minimum Gasteiger partial charge on any atom is -0.481 e. The third kappa shape index (κ3) is 1.36. The number of nitrogens with one attached hydrogen (secondary N) is 1. The summed E-state index contributed by atoms with van der Waals surface area (Å²) < 4.78 is 0. The third-order valence-corrected chi connectivity index (χ3v) is 1.60. The van der Waals surface area contributed by atoms with Crippen LogP contribution in [0.5, 0.6) is 0 Å². The number of hydrogen-bond donors (Lipinski definition) is 2. The molecule has 0 aromatic rings. The van der Waals surface area contributed by atoms with Gasteiger partial charge < -0.3 is 5.11 Å². The Bertz CT molecular complexity index is 250. The molecule has 1 aliphatic rings. The molecular formula is C6H8N2O4. The van der Waals surface area contributed by atoms with E-state index in [9.17, 15) is 14.4 Å². The van der Waals surface area contributed by atoms with Crippen molar-refractivity contribution in [3.63, 3.8) is 0 Å². The van der Waals surface area contributed by atoms with Gasteiger partial charge >= 0.3 is 5.97 Å². The van der Waals surface area contributed by atoms with Crippen molar-refractivity contribution >= 4 is 17.8 Å². The second-order valence-corrected chi connectivity index (χ2v) is 2.52. The molecule has 0 saturated carbocycles. The van der Waals surface area contributed by atoms with Crippen LogP contribution >= 0.6 is 0 Å². The van der Waals surface area contributed by atoms with Crippen LogP contribution in [0.25, 0.3) is 0 Å². The van der Waals surface area contributed by atoms with Crippen LogP contribution in [0.3, 0.4) is 0 Å². The van der Waals surface area contributed by atoms with Crippen LogP contribution in [0.1, 0.15) is 6.42 Å². The molecule has 0 aromatic heterocycles. The van der Waals surface area contributed by atoms with Gasteiger partial charge in [-0.15, -0.1) is 0 Å². The summed E-state index contributed by atoms with van der Waals surface area (Å²) >= 11 is 0. The highest BCUT2D eigenvalue weighted by molar-refractivity contribution is 6.06. The maximum Gasteiger partial charge on any atom is 0.304 e. The van der Waals surface area contributed by atoms with E-state index in [0.29, 0.717) is 0 Å². The minimum absolute atomic E-state index is 0.449. The van der Waals surface area contributed by atoms with Gasteiger partial charge in [-0.2, -0.15) is 0 Å². The fourth-order valence-corrected chi connectivity index (χ4v) is 0.999. The molecule has 6 heteroatoms. The van der Waals surface area contributed by atoms with E-state index in [1.165, 1.54) is 7.05 Å². The van der Waals surface area contributed by atoms with Gasteiger partial charge in [0.1, 0.15) is 5.92 Å². The summed E-state index contributed by atoms with van der Waals surface area (Å²) in [6.07, 6.45) is -0.449. The Hall–Kier alpha value is -1.59. The number of hydrazine groups is 1. The van der Waals surface area contributed by atoms with Crippen molar-refractivity contribution in [2.24, 2.45) is 5.92 Å². The predicted molar refractivity (Wildman–Crippen MR) is 36.7 cm³/mol. The zero-order valence-corrected chi connectivity index (χ0v) is 6.40. The highest BCUT2D eigenvalue weighted by atomic mass is 16.4. The van der Waals surface area contributed by atoms with Crippen molar-refractivity contribution in [2.75, 3.05) is 7.05 Å². The maximum atomic E-state index is 11.0. The molecule has 1 rings (SSSR count). The zero-order chi connectivity index (χ0) is 9.30. The van der Waals surface area contributed by atoms with Crippen molar-refractivity contribution in [3.05, 3.63) is 0 Å². The molecule has 0 bridgehead atoms. The van der Waals surface area contributed by atoms with E-state index in [0.717, 1.165) is 5.01 Å². The Labute approximate surface area is 68.1 Å². The lowest BCUT2D eigenvalue weighted by Crippen LogP contribution is -2.31. The predicted octanol–water partition coefficient (Wildman–Crippen LogP) is -1.42. The van der Waals surface area contributed by atoms with Gasteiger partial charge in [0.05, 0.1) is 6.42 Å². The van der Waals surface area contributed by atoms with Gasteiger partial charge in [-0.1, -0.05) is 0 Å². The number of nitrogens with zero attached hydrogens (tertiary/aromatic N) is 1. The summed E-state index contributed by atoms with van der Waals surface area (Å²) in [6, 6.07) is 0. The van der Waals surface area contributed by atoms with Crippen molar-refractivity contribution in [3.8, 4) is 0 Å². The number of amides is 2. The molecule has 1 unspecified atom stereocenters. The molecule has 6 nitrogen and oxygen atoms in total. The fourth-order valence-electron chi connectivity index (χ4n) is 0.999. The molecular weight excluding hydrogens is 164 g/mol. The average molecular weight is 172 g/mol. The molecule has 1 aliphatic heterocycles. The van der Waals surface area contributed by atoms with Gasteiger partial charge in [0.2, 0.25) is 0 Å². The van der Waals surface area contributed by atoms with Crippen LogP contribution in [0.2, 0.25) is 0 Å². The molecule has 0 aliphatic carbocycles. The number of carboxylic acid groups (broad SMARTS) is 1. The summed E-state index contributed by atoms with van der Waals surface area (Å²) in [6.45, 7) is 0. The molecule has 12 heavy (non-hydrogen) atoms. The smallest absolute Gasteiger partial charge is 0.304 e. The van der Waals surface area contributed by atoms with Crippen LogP contribution in [0, 0.1) is 5.92 Å². The van der Waals surface area contributed by atoms with Crippen LogP contribution in [0.4, 0.5) is 0 Å². The topological polar surface area (TPSA) is 86.7 Å². The fraction of sp³-hybridized carbons (Fsp3) is 0.500. The largest absolute Gasteiger partial charge is 0.481 e. The number of rotatable bonds is 2. The SMILES string of the molecule is CN1NC(=O)C(CC(=O)O)C1=O. The number of carbonyl (C=O) groups excluding carboxylic acids is 2. The number of carboxylic acids is 1. The van der Waals surface area contributed by atoms with E-state index < -0.39 is 30.1 Å². The molecule has 0 radical (unpaired) electrons. The number of aliphatic carboxylic acids is 1. The van der Waals surface area contributed by atoms with Crippen LogP contribution < -0.4 is 5.43 Å². The van der Waals surface area contributed by atoms with Gasteiger partial charge in [-0.05, 0) is 0 Å². The van der Waals surface area contributed by atoms with Crippen LogP contribution in [0.15, 0.2) is 0 Å². The summed E-state index contributed by atoms with van der Waals surface area (Å²) in [5.41, 5.74) is 2.20. The monoisotopic (exact) mass is 172 g/mol. The lowest BCUT2D eigenvalue weighted by Gasteiger charge is -2.05. The molecule has 1 saturated heterocycles. The lowest BCUT2D eigenvalue weighted by atomic mass is 10.1. The molecule has 1 fully saturated rings. The quantitative estimate of drug-likeness (QED) is 0.500.